The maximum atomic E-state index is 12.0. The molecule has 0 aliphatic rings. The Hall–Kier alpha value is -1.82. The maximum Gasteiger partial charge on any atom is 0.254 e. The zero-order valence-corrected chi connectivity index (χ0v) is 12.5. The molecule has 1 unspecified atom stereocenters. The van der Waals surface area contributed by atoms with Crippen LogP contribution in [0.4, 0.5) is 5.69 Å². The van der Waals surface area contributed by atoms with Crippen molar-refractivity contribution in [2.75, 3.05) is 12.3 Å². The molecule has 0 fully saturated rings. The Kier molecular flexibility index (Phi) is 5.76. The Morgan fingerprint density at radius 2 is 2.05 bits per heavy atom. The van der Waals surface area contributed by atoms with Gasteiger partial charge in [0.05, 0.1) is 17.4 Å². The fraction of sp³-hybridized carbons (Fsp3) is 0.462. The minimum absolute atomic E-state index is 0.168. The van der Waals surface area contributed by atoms with E-state index < -0.39 is 11.9 Å². The highest BCUT2D eigenvalue weighted by atomic mass is 35.5. The molecule has 7 heteroatoms. The molecule has 0 aliphatic carbocycles. The lowest BCUT2D eigenvalue weighted by molar-refractivity contribution is -0.122. The average Bonchev–Trinajstić information content (AvgIpc) is 2.38. The van der Waals surface area contributed by atoms with E-state index in [9.17, 15) is 9.59 Å². The molecule has 0 saturated carbocycles. The van der Waals surface area contributed by atoms with Crippen LogP contribution in [0.25, 0.3) is 0 Å². The van der Waals surface area contributed by atoms with Crippen LogP contribution >= 0.6 is 11.6 Å². The largest absolute Gasteiger partial charge is 0.397 e. The maximum absolute atomic E-state index is 12.0. The molecular formula is C13H19ClN4O2. The zero-order valence-electron chi connectivity index (χ0n) is 11.7. The standard InChI is InChI=1S/C13H19ClN4O2/c1-7(2)5-17-12(19)8(3)18-13(20)9-4-11(14)16-6-10(9)15/h4,6-8H,5,15H2,1-3H3,(H,17,19)(H,18,20). The summed E-state index contributed by atoms with van der Waals surface area (Å²) in [5.74, 6) is -0.360. The Morgan fingerprint density at radius 3 is 2.65 bits per heavy atom. The second-order valence-electron chi connectivity index (χ2n) is 4.93. The Bertz CT molecular complexity index is 505. The van der Waals surface area contributed by atoms with Crippen molar-refractivity contribution in [3.63, 3.8) is 0 Å². The van der Waals surface area contributed by atoms with Gasteiger partial charge in [0, 0.05) is 6.54 Å². The van der Waals surface area contributed by atoms with Gasteiger partial charge in [-0.1, -0.05) is 25.4 Å². The normalized spacial score (nSPS) is 12.1. The van der Waals surface area contributed by atoms with E-state index in [1.807, 2.05) is 13.8 Å². The molecule has 1 heterocycles. The van der Waals surface area contributed by atoms with E-state index in [-0.39, 0.29) is 22.3 Å². The lowest BCUT2D eigenvalue weighted by Crippen LogP contribution is -2.45. The van der Waals surface area contributed by atoms with E-state index in [0.29, 0.717) is 12.5 Å². The number of anilines is 1. The number of nitrogens with zero attached hydrogens (tertiary/aromatic N) is 1. The van der Waals surface area contributed by atoms with Crippen LogP contribution in [0.5, 0.6) is 0 Å². The highest BCUT2D eigenvalue weighted by Gasteiger charge is 2.18. The Labute approximate surface area is 123 Å². The number of hydrogen-bond acceptors (Lipinski definition) is 4. The third-order valence-corrected chi connectivity index (χ3v) is 2.78. The molecule has 110 valence electrons. The summed E-state index contributed by atoms with van der Waals surface area (Å²) in [6.45, 7) is 6.14. The predicted octanol–water partition coefficient (Wildman–Crippen LogP) is 1.21. The number of aromatic nitrogens is 1. The molecule has 1 aromatic rings. The summed E-state index contributed by atoms with van der Waals surface area (Å²) in [5, 5.41) is 5.48. The van der Waals surface area contributed by atoms with E-state index >= 15 is 0 Å². The molecule has 1 atom stereocenters. The minimum atomic E-state index is -0.660. The SMILES string of the molecule is CC(C)CNC(=O)C(C)NC(=O)c1cc(Cl)ncc1N. The number of carbonyl (C=O) groups is 2. The summed E-state index contributed by atoms with van der Waals surface area (Å²) in [5.41, 5.74) is 6.07. The topological polar surface area (TPSA) is 97.1 Å². The first-order valence-electron chi connectivity index (χ1n) is 6.30. The van der Waals surface area contributed by atoms with Crippen LogP contribution in [-0.4, -0.2) is 29.4 Å². The highest BCUT2D eigenvalue weighted by Crippen LogP contribution is 2.14. The summed E-state index contributed by atoms with van der Waals surface area (Å²) in [4.78, 5) is 27.5. The number of nitrogens with two attached hydrogens (primary N) is 1. The molecule has 20 heavy (non-hydrogen) atoms. The molecule has 0 bridgehead atoms. The number of hydrogen-bond donors (Lipinski definition) is 3. The fourth-order valence-electron chi connectivity index (χ4n) is 1.43. The van der Waals surface area contributed by atoms with Crippen molar-refractivity contribution >= 4 is 29.1 Å². The number of halogens is 1. The number of carbonyl (C=O) groups excluding carboxylic acids is 2. The van der Waals surface area contributed by atoms with E-state index in [4.69, 9.17) is 17.3 Å². The van der Waals surface area contributed by atoms with Crippen molar-refractivity contribution in [2.45, 2.75) is 26.8 Å². The first-order chi connectivity index (χ1) is 9.31. The quantitative estimate of drug-likeness (QED) is 0.712. The summed E-state index contributed by atoms with van der Waals surface area (Å²) in [6, 6.07) is 0.706. The Balaban J connectivity index is 2.65. The lowest BCUT2D eigenvalue weighted by Gasteiger charge is -2.15. The second kappa shape index (κ2) is 7.09. The third-order valence-electron chi connectivity index (χ3n) is 2.57. The first kappa shape index (κ1) is 16.2. The van der Waals surface area contributed by atoms with Crippen molar-refractivity contribution in [3.05, 3.63) is 23.0 Å². The number of pyridine rings is 1. The van der Waals surface area contributed by atoms with Crippen LogP contribution < -0.4 is 16.4 Å². The van der Waals surface area contributed by atoms with Gasteiger partial charge in [-0.3, -0.25) is 9.59 Å². The summed E-state index contributed by atoms with van der Waals surface area (Å²) in [7, 11) is 0. The molecule has 2 amide bonds. The van der Waals surface area contributed by atoms with Crippen molar-refractivity contribution < 1.29 is 9.59 Å². The van der Waals surface area contributed by atoms with Gasteiger partial charge in [0.15, 0.2) is 0 Å². The van der Waals surface area contributed by atoms with Gasteiger partial charge in [-0.25, -0.2) is 4.98 Å². The average molecular weight is 299 g/mol. The van der Waals surface area contributed by atoms with Gasteiger partial charge >= 0.3 is 0 Å². The van der Waals surface area contributed by atoms with E-state index in [1.165, 1.54) is 12.3 Å². The predicted molar refractivity (Wildman–Crippen MR) is 78.4 cm³/mol. The fourth-order valence-corrected chi connectivity index (χ4v) is 1.59. The molecular weight excluding hydrogens is 280 g/mol. The molecule has 0 aromatic carbocycles. The summed E-state index contributed by atoms with van der Waals surface area (Å²) >= 11 is 5.72. The van der Waals surface area contributed by atoms with E-state index in [1.54, 1.807) is 6.92 Å². The number of amides is 2. The summed E-state index contributed by atoms with van der Waals surface area (Å²) < 4.78 is 0. The van der Waals surface area contributed by atoms with Crippen molar-refractivity contribution in [2.24, 2.45) is 5.92 Å². The van der Waals surface area contributed by atoms with Gasteiger partial charge < -0.3 is 16.4 Å². The minimum Gasteiger partial charge on any atom is -0.397 e. The van der Waals surface area contributed by atoms with Gasteiger partial charge in [0.1, 0.15) is 11.2 Å². The van der Waals surface area contributed by atoms with Crippen molar-refractivity contribution in [3.8, 4) is 0 Å². The molecule has 4 N–H and O–H groups in total. The van der Waals surface area contributed by atoms with Gasteiger partial charge in [0.2, 0.25) is 5.91 Å². The first-order valence-corrected chi connectivity index (χ1v) is 6.68. The lowest BCUT2D eigenvalue weighted by atomic mass is 10.2. The Morgan fingerprint density at radius 1 is 1.40 bits per heavy atom. The van der Waals surface area contributed by atoms with Crippen LogP contribution in [0.3, 0.4) is 0 Å². The zero-order chi connectivity index (χ0) is 15.3. The number of rotatable bonds is 5. The van der Waals surface area contributed by atoms with Gasteiger partial charge in [0.25, 0.3) is 5.91 Å². The van der Waals surface area contributed by atoms with Crippen LogP contribution in [0, 0.1) is 5.92 Å². The van der Waals surface area contributed by atoms with Crippen LogP contribution in [0.2, 0.25) is 5.15 Å². The smallest absolute Gasteiger partial charge is 0.254 e. The van der Waals surface area contributed by atoms with Crippen LogP contribution in [0.1, 0.15) is 31.1 Å². The van der Waals surface area contributed by atoms with Crippen LogP contribution in [0.15, 0.2) is 12.3 Å². The third kappa shape index (κ3) is 4.70. The summed E-state index contributed by atoms with van der Waals surface area (Å²) in [6.07, 6.45) is 1.31. The van der Waals surface area contributed by atoms with Crippen molar-refractivity contribution in [1.29, 1.82) is 0 Å². The van der Waals surface area contributed by atoms with E-state index in [2.05, 4.69) is 15.6 Å². The van der Waals surface area contributed by atoms with Crippen molar-refractivity contribution in [1.82, 2.24) is 15.6 Å². The molecule has 0 spiro atoms. The molecule has 1 aromatic heterocycles. The molecule has 0 saturated heterocycles. The second-order valence-corrected chi connectivity index (χ2v) is 5.32. The molecule has 0 aliphatic heterocycles. The van der Waals surface area contributed by atoms with Gasteiger partial charge in [-0.05, 0) is 18.9 Å². The van der Waals surface area contributed by atoms with Crippen LogP contribution in [-0.2, 0) is 4.79 Å². The van der Waals surface area contributed by atoms with E-state index in [0.717, 1.165) is 0 Å². The molecule has 6 nitrogen and oxygen atoms in total. The monoisotopic (exact) mass is 298 g/mol. The number of nitrogen functional groups attached to an aromatic ring is 1. The number of nitrogens with one attached hydrogen (secondary N) is 2. The molecule has 1 rings (SSSR count). The van der Waals surface area contributed by atoms with Gasteiger partial charge in [-0.15, -0.1) is 0 Å². The highest BCUT2D eigenvalue weighted by molar-refractivity contribution is 6.29. The molecule has 0 radical (unpaired) electrons. The van der Waals surface area contributed by atoms with Gasteiger partial charge in [-0.2, -0.15) is 0 Å².